The number of hydrogen-bond acceptors (Lipinski definition) is 7. The van der Waals surface area contributed by atoms with Crippen molar-refractivity contribution in [3.8, 4) is 0 Å². The van der Waals surface area contributed by atoms with E-state index in [0.29, 0.717) is 23.2 Å². The maximum Gasteiger partial charge on any atom is 0.338 e. The van der Waals surface area contributed by atoms with Crippen LogP contribution in [0.15, 0.2) is 33.9 Å². The number of rotatable bonds is 5. The van der Waals surface area contributed by atoms with Gasteiger partial charge in [0.05, 0.1) is 11.3 Å². The lowest BCUT2D eigenvalue weighted by Crippen LogP contribution is -2.13. The van der Waals surface area contributed by atoms with Crippen LogP contribution in [0.1, 0.15) is 67.2 Å². The van der Waals surface area contributed by atoms with Crippen LogP contribution >= 0.6 is 0 Å². The Morgan fingerprint density at radius 3 is 2.72 bits per heavy atom. The molecule has 1 fully saturated rings. The minimum absolute atomic E-state index is 0.341. The molecule has 1 aliphatic carbocycles. The van der Waals surface area contributed by atoms with Gasteiger partial charge in [-0.1, -0.05) is 5.16 Å². The number of hydrogen-bond donors (Lipinski definition) is 0. The molecule has 7 heteroatoms. The van der Waals surface area contributed by atoms with E-state index in [1.165, 1.54) is 0 Å². The van der Waals surface area contributed by atoms with Crippen LogP contribution in [0, 0.1) is 0 Å². The number of benzene rings is 1. The molecule has 7 nitrogen and oxygen atoms in total. The minimum atomic E-state index is -0.571. The summed E-state index contributed by atoms with van der Waals surface area (Å²) in [6.45, 7) is 4.62. The SMILES string of the molecule is CC1=NN(c2ccc(C(=O)O[C@@H](C)c3nc(C4CC4)no3)cc2)CC1. The zero-order valence-electron chi connectivity index (χ0n) is 14.3. The monoisotopic (exact) mass is 340 g/mol. The fraction of sp³-hybridized carbons (Fsp3) is 0.444. The molecule has 0 spiro atoms. The molecule has 130 valence electrons. The summed E-state index contributed by atoms with van der Waals surface area (Å²) in [6, 6.07) is 7.25. The molecule has 2 aromatic rings. The summed E-state index contributed by atoms with van der Waals surface area (Å²) < 4.78 is 10.6. The third kappa shape index (κ3) is 3.40. The van der Waals surface area contributed by atoms with Gasteiger partial charge in [0.1, 0.15) is 0 Å². The van der Waals surface area contributed by atoms with Gasteiger partial charge >= 0.3 is 5.97 Å². The number of anilines is 1. The number of carbonyl (C=O) groups excluding carboxylic acids is 1. The second-order valence-corrected chi connectivity index (χ2v) is 6.57. The normalized spacial score (nSPS) is 18.2. The number of ether oxygens (including phenoxy) is 1. The van der Waals surface area contributed by atoms with Crippen molar-refractivity contribution in [3.63, 3.8) is 0 Å². The lowest BCUT2D eigenvalue weighted by molar-refractivity contribution is 0.0265. The van der Waals surface area contributed by atoms with Crippen LogP contribution in [0.5, 0.6) is 0 Å². The van der Waals surface area contributed by atoms with Gasteiger partial charge in [-0.15, -0.1) is 0 Å². The highest BCUT2D eigenvalue weighted by Gasteiger charge is 2.30. The fourth-order valence-corrected chi connectivity index (χ4v) is 2.73. The molecule has 25 heavy (non-hydrogen) atoms. The summed E-state index contributed by atoms with van der Waals surface area (Å²) in [7, 11) is 0. The summed E-state index contributed by atoms with van der Waals surface area (Å²) in [4.78, 5) is 16.6. The standard InChI is InChI=1S/C18H20N4O3/c1-11-9-10-22(20-11)15-7-5-14(6-8-15)18(23)24-12(2)17-19-16(21-25-17)13-3-4-13/h5-8,12-13H,3-4,9-10H2,1-2H3/t12-/m0/s1. The Kier molecular flexibility index (Phi) is 3.99. The molecule has 0 bridgehead atoms. The third-order valence-corrected chi connectivity index (χ3v) is 4.41. The van der Waals surface area contributed by atoms with Crippen LogP contribution in [-0.4, -0.2) is 28.4 Å². The number of carbonyl (C=O) groups is 1. The second kappa shape index (κ2) is 6.31. The van der Waals surface area contributed by atoms with Crippen molar-refractivity contribution in [2.45, 2.75) is 45.1 Å². The van der Waals surface area contributed by atoms with Crippen LogP contribution in [0.3, 0.4) is 0 Å². The van der Waals surface area contributed by atoms with Crippen LogP contribution in [0.2, 0.25) is 0 Å². The highest BCUT2D eigenvalue weighted by atomic mass is 16.6. The zero-order chi connectivity index (χ0) is 17.4. The van der Waals surface area contributed by atoms with Gasteiger partial charge in [0.25, 0.3) is 5.89 Å². The molecular formula is C18H20N4O3. The molecule has 0 saturated heterocycles. The van der Waals surface area contributed by atoms with Gasteiger partial charge < -0.3 is 9.26 Å². The van der Waals surface area contributed by atoms with E-state index in [1.807, 2.05) is 24.1 Å². The topological polar surface area (TPSA) is 80.8 Å². The Morgan fingerprint density at radius 1 is 1.32 bits per heavy atom. The molecule has 1 aromatic heterocycles. The van der Waals surface area contributed by atoms with Crippen molar-refractivity contribution in [2.75, 3.05) is 11.6 Å². The largest absolute Gasteiger partial charge is 0.449 e. The molecule has 1 aliphatic heterocycles. The molecular weight excluding hydrogens is 320 g/mol. The van der Waals surface area contributed by atoms with Gasteiger partial charge in [0, 0.05) is 24.6 Å². The molecule has 1 aromatic carbocycles. The molecule has 1 atom stereocenters. The molecule has 2 heterocycles. The Bertz CT molecular complexity index is 808. The van der Waals surface area contributed by atoms with Gasteiger partial charge in [-0.05, 0) is 51.0 Å². The van der Waals surface area contributed by atoms with E-state index in [1.54, 1.807) is 19.1 Å². The quantitative estimate of drug-likeness (QED) is 0.776. The van der Waals surface area contributed by atoms with E-state index < -0.39 is 12.1 Å². The van der Waals surface area contributed by atoms with Crippen LogP contribution in [0.25, 0.3) is 0 Å². The molecule has 0 unspecified atom stereocenters. The van der Waals surface area contributed by atoms with E-state index in [-0.39, 0.29) is 0 Å². The Hall–Kier alpha value is -2.70. The molecule has 1 saturated carbocycles. The number of hydrazone groups is 1. The third-order valence-electron chi connectivity index (χ3n) is 4.41. The first-order valence-electron chi connectivity index (χ1n) is 8.56. The molecule has 0 amide bonds. The van der Waals surface area contributed by atoms with Crippen molar-refractivity contribution in [3.05, 3.63) is 41.5 Å². The summed E-state index contributed by atoms with van der Waals surface area (Å²) in [6.07, 6.45) is 2.59. The van der Waals surface area contributed by atoms with Gasteiger partial charge in [-0.3, -0.25) is 5.01 Å². The first kappa shape index (κ1) is 15.8. The first-order valence-corrected chi connectivity index (χ1v) is 8.56. The fourth-order valence-electron chi connectivity index (χ4n) is 2.73. The average Bonchev–Trinajstić information content (AvgIpc) is 3.17. The molecule has 0 radical (unpaired) electrons. The number of esters is 1. The molecule has 0 N–H and O–H groups in total. The van der Waals surface area contributed by atoms with Crippen LogP contribution < -0.4 is 5.01 Å². The highest BCUT2D eigenvalue weighted by Crippen LogP contribution is 2.38. The lowest BCUT2D eigenvalue weighted by atomic mass is 10.2. The first-order chi connectivity index (χ1) is 12.1. The highest BCUT2D eigenvalue weighted by molar-refractivity contribution is 5.90. The average molecular weight is 340 g/mol. The van der Waals surface area contributed by atoms with Gasteiger partial charge in [0.2, 0.25) is 0 Å². The Balaban J connectivity index is 1.39. The summed E-state index contributed by atoms with van der Waals surface area (Å²) in [5, 5.41) is 10.3. The van der Waals surface area contributed by atoms with Gasteiger partial charge in [0.15, 0.2) is 11.9 Å². The maximum absolute atomic E-state index is 12.3. The van der Waals surface area contributed by atoms with Crippen molar-refractivity contribution >= 4 is 17.4 Å². The second-order valence-electron chi connectivity index (χ2n) is 6.57. The van der Waals surface area contributed by atoms with Crippen molar-refractivity contribution in [2.24, 2.45) is 5.10 Å². The maximum atomic E-state index is 12.3. The summed E-state index contributed by atoms with van der Waals surface area (Å²) in [5.41, 5.74) is 2.56. The lowest BCUT2D eigenvalue weighted by Gasteiger charge is -2.14. The Morgan fingerprint density at radius 2 is 2.08 bits per heavy atom. The van der Waals surface area contributed by atoms with E-state index in [9.17, 15) is 4.79 Å². The van der Waals surface area contributed by atoms with Crippen molar-refractivity contribution in [1.29, 1.82) is 0 Å². The summed E-state index contributed by atoms with van der Waals surface area (Å²) in [5.74, 6) is 1.05. The van der Waals surface area contributed by atoms with E-state index >= 15 is 0 Å². The number of aromatic nitrogens is 2. The number of nitrogens with zero attached hydrogens (tertiary/aromatic N) is 4. The van der Waals surface area contributed by atoms with Gasteiger partial charge in [-0.2, -0.15) is 10.1 Å². The smallest absolute Gasteiger partial charge is 0.338 e. The Labute approximate surface area is 145 Å². The van der Waals surface area contributed by atoms with Crippen LogP contribution in [0.4, 0.5) is 5.69 Å². The predicted octanol–water partition coefficient (Wildman–Crippen LogP) is 3.45. The van der Waals surface area contributed by atoms with E-state index in [4.69, 9.17) is 9.26 Å². The molecule has 4 rings (SSSR count). The van der Waals surface area contributed by atoms with E-state index in [2.05, 4.69) is 15.2 Å². The molecule has 2 aliphatic rings. The zero-order valence-corrected chi connectivity index (χ0v) is 14.3. The summed E-state index contributed by atoms with van der Waals surface area (Å²) >= 11 is 0. The van der Waals surface area contributed by atoms with Crippen molar-refractivity contribution in [1.82, 2.24) is 10.1 Å². The van der Waals surface area contributed by atoms with Crippen LogP contribution in [-0.2, 0) is 4.74 Å². The van der Waals surface area contributed by atoms with Gasteiger partial charge in [-0.25, -0.2) is 4.79 Å². The predicted molar refractivity (Wildman–Crippen MR) is 91.6 cm³/mol. The van der Waals surface area contributed by atoms with E-state index in [0.717, 1.165) is 37.2 Å². The minimum Gasteiger partial charge on any atom is -0.449 e. The van der Waals surface area contributed by atoms with Crippen molar-refractivity contribution < 1.29 is 14.1 Å².